The minimum absolute atomic E-state index is 0.0157. The predicted molar refractivity (Wildman–Crippen MR) is 71.1 cm³/mol. The Morgan fingerprint density at radius 1 is 1.35 bits per heavy atom. The molecule has 1 aliphatic heterocycles. The molecule has 2 atom stereocenters. The maximum atomic E-state index is 11.9. The van der Waals surface area contributed by atoms with Gasteiger partial charge in [0.2, 0.25) is 5.91 Å². The Hall–Kier alpha value is -0.420. The van der Waals surface area contributed by atoms with Crippen molar-refractivity contribution in [1.29, 1.82) is 0 Å². The number of rotatable bonds is 4. The van der Waals surface area contributed by atoms with Crippen LogP contribution in [-0.4, -0.2) is 45.7 Å². The summed E-state index contributed by atoms with van der Waals surface area (Å²) in [5.41, 5.74) is 5.90. The fourth-order valence-electron chi connectivity index (χ4n) is 1.70. The van der Waals surface area contributed by atoms with Gasteiger partial charge in [-0.05, 0) is 18.3 Å². The van der Waals surface area contributed by atoms with Gasteiger partial charge in [-0.15, -0.1) is 0 Å². The summed E-state index contributed by atoms with van der Waals surface area (Å²) in [6.45, 7) is 7.72. The second kappa shape index (κ2) is 5.96. The van der Waals surface area contributed by atoms with E-state index >= 15 is 0 Å². The van der Waals surface area contributed by atoms with Crippen LogP contribution in [0, 0.1) is 5.41 Å². The third-order valence-electron chi connectivity index (χ3n) is 3.22. The average Bonchev–Trinajstić information content (AvgIpc) is 2.68. The first-order valence-electron chi connectivity index (χ1n) is 6.19. The highest BCUT2D eigenvalue weighted by molar-refractivity contribution is 7.85. The lowest BCUT2D eigenvalue weighted by molar-refractivity contribution is -0.127. The smallest absolute Gasteiger partial charge is 0.235 e. The van der Waals surface area contributed by atoms with Crippen molar-refractivity contribution in [1.82, 2.24) is 4.90 Å². The quantitative estimate of drug-likeness (QED) is 0.810. The molecule has 1 heterocycles. The number of nitrogens with two attached hydrogens (primary N) is 1. The molecule has 1 rings (SSSR count). The van der Waals surface area contributed by atoms with Gasteiger partial charge in [0.1, 0.15) is 5.75 Å². The maximum Gasteiger partial charge on any atom is 0.235 e. The average molecular weight is 260 g/mol. The summed E-state index contributed by atoms with van der Waals surface area (Å²) < 4.78 is 11.9. The molecule has 100 valence electrons. The van der Waals surface area contributed by atoms with E-state index < -0.39 is 10.8 Å². The Morgan fingerprint density at radius 3 is 2.35 bits per heavy atom. The minimum Gasteiger partial charge on any atom is -0.342 e. The summed E-state index contributed by atoms with van der Waals surface area (Å²) in [4.78, 5) is 13.6. The van der Waals surface area contributed by atoms with E-state index in [1.54, 1.807) is 4.90 Å². The zero-order valence-corrected chi connectivity index (χ0v) is 11.9. The van der Waals surface area contributed by atoms with E-state index in [0.717, 1.165) is 25.9 Å². The molecule has 1 fully saturated rings. The molecule has 0 aromatic heterocycles. The van der Waals surface area contributed by atoms with E-state index in [2.05, 4.69) is 0 Å². The number of hydrogen-bond acceptors (Lipinski definition) is 3. The Labute approximate surface area is 106 Å². The molecule has 2 unspecified atom stereocenters. The van der Waals surface area contributed by atoms with Crippen molar-refractivity contribution in [2.45, 2.75) is 39.7 Å². The number of nitrogens with zero attached hydrogens (tertiary/aromatic N) is 1. The van der Waals surface area contributed by atoms with E-state index in [1.165, 1.54) is 0 Å². The first-order valence-corrected chi connectivity index (χ1v) is 7.68. The van der Waals surface area contributed by atoms with Gasteiger partial charge in [0.15, 0.2) is 0 Å². The summed E-state index contributed by atoms with van der Waals surface area (Å²) in [7, 11) is -1.14. The Balaban J connectivity index is 2.36. The SMILES string of the molecule is CC(C)(C)C(N)CS(=O)CC(=O)N1CCCC1. The molecular weight excluding hydrogens is 236 g/mol. The van der Waals surface area contributed by atoms with Crippen molar-refractivity contribution < 1.29 is 9.00 Å². The van der Waals surface area contributed by atoms with Gasteiger partial charge in [0.05, 0.1) is 0 Å². The van der Waals surface area contributed by atoms with Crippen LogP contribution in [0.4, 0.5) is 0 Å². The van der Waals surface area contributed by atoms with Crippen LogP contribution >= 0.6 is 0 Å². The van der Waals surface area contributed by atoms with Gasteiger partial charge >= 0.3 is 0 Å². The van der Waals surface area contributed by atoms with Crippen LogP contribution in [0.3, 0.4) is 0 Å². The van der Waals surface area contributed by atoms with Crippen LogP contribution in [0.25, 0.3) is 0 Å². The number of carbonyl (C=O) groups is 1. The molecule has 0 bridgehead atoms. The van der Waals surface area contributed by atoms with Crippen molar-refractivity contribution in [3.63, 3.8) is 0 Å². The molecule has 0 aliphatic carbocycles. The molecule has 1 saturated heterocycles. The molecule has 1 aliphatic rings. The third kappa shape index (κ3) is 4.76. The van der Waals surface area contributed by atoms with Gasteiger partial charge in [-0.1, -0.05) is 20.8 Å². The molecule has 5 heteroatoms. The Morgan fingerprint density at radius 2 is 1.88 bits per heavy atom. The Bertz CT molecular complexity index is 293. The van der Waals surface area contributed by atoms with Gasteiger partial charge in [-0.25, -0.2) is 0 Å². The first kappa shape index (κ1) is 14.6. The van der Waals surface area contributed by atoms with Crippen molar-refractivity contribution in [3.05, 3.63) is 0 Å². The van der Waals surface area contributed by atoms with Gasteiger partial charge in [-0.3, -0.25) is 9.00 Å². The molecule has 0 spiro atoms. The lowest BCUT2D eigenvalue weighted by atomic mass is 9.89. The van der Waals surface area contributed by atoms with Gasteiger partial charge in [0, 0.05) is 35.7 Å². The summed E-state index contributed by atoms with van der Waals surface area (Å²) in [5.74, 6) is 0.550. The van der Waals surface area contributed by atoms with E-state index in [4.69, 9.17) is 5.73 Å². The molecule has 0 aromatic carbocycles. The van der Waals surface area contributed by atoms with Crippen LogP contribution in [0.1, 0.15) is 33.6 Å². The molecule has 4 nitrogen and oxygen atoms in total. The van der Waals surface area contributed by atoms with E-state index in [9.17, 15) is 9.00 Å². The van der Waals surface area contributed by atoms with Gasteiger partial charge in [-0.2, -0.15) is 0 Å². The molecular formula is C12H24N2O2S. The second-order valence-corrected chi connectivity index (χ2v) is 7.31. The van der Waals surface area contributed by atoms with E-state index in [0.29, 0.717) is 5.75 Å². The summed E-state index contributed by atoms with van der Waals surface area (Å²) in [6, 6.07) is -0.130. The number of hydrogen-bond donors (Lipinski definition) is 1. The molecule has 1 amide bonds. The minimum atomic E-state index is -1.14. The number of likely N-dealkylation sites (tertiary alicyclic amines) is 1. The summed E-state index contributed by atoms with van der Waals surface area (Å²) in [5, 5.41) is 0. The third-order valence-corrected chi connectivity index (χ3v) is 4.52. The fraction of sp³-hybridized carbons (Fsp3) is 0.917. The molecule has 2 N–H and O–H groups in total. The topological polar surface area (TPSA) is 63.4 Å². The lowest BCUT2D eigenvalue weighted by Gasteiger charge is -2.26. The zero-order chi connectivity index (χ0) is 13.1. The van der Waals surface area contributed by atoms with Gasteiger partial charge in [0.25, 0.3) is 0 Å². The molecule has 0 saturated carbocycles. The van der Waals surface area contributed by atoms with Crippen molar-refractivity contribution in [3.8, 4) is 0 Å². The first-order chi connectivity index (χ1) is 7.80. The number of carbonyl (C=O) groups excluding carboxylic acids is 1. The second-order valence-electron chi connectivity index (χ2n) is 5.81. The highest BCUT2D eigenvalue weighted by Crippen LogP contribution is 2.18. The van der Waals surface area contributed by atoms with E-state index in [1.807, 2.05) is 20.8 Å². The lowest BCUT2D eigenvalue weighted by Crippen LogP contribution is -2.41. The predicted octanol–water partition coefficient (Wildman–Crippen LogP) is 0.731. The largest absolute Gasteiger partial charge is 0.342 e. The van der Waals surface area contributed by atoms with Crippen molar-refractivity contribution >= 4 is 16.7 Å². The van der Waals surface area contributed by atoms with E-state index in [-0.39, 0.29) is 23.1 Å². The molecule has 0 aromatic rings. The van der Waals surface area contributed by atoms with Crippen LogP contribution in [0.15, 0.2) is 0 Å². The number of amides is 1. The standard InChI is InChI=1S/C12H24N2O2S/c1-12(2,3)10(13)8-17(16)9-11(15)14-6-4-5-7-14/h10H,4-9,13H2,1-3H3. The summed E-state index contributed by atoms with van der Waals surface area (Å²) in [6.07, 6.45) is 2.14. The van der Waals surface area contributed by atoms with Gasteiger partial charge < -0.3 is 10.6 Å². The molecule has 0 radical (unpaired) electrons. The van der Waals surface area contributed by atoms with Crippen LogP contribution in [0.5, 0.6) is 0 Å². The van der Waals surface area contributed by atoms with Crippen molar-refractivity contribution in [2.24, 2.45) is 11.1 Å². The normalized spacial score (nSPS) is 20.4. The zero-order valence-electron chi connectivity index (χ0n) is 11.1. The maximum absolute atomic E-state index is 11.9. The highest BCUT2D eigenvalue weighted by atomic mass is 32.2. The van der Waals surface area contributed by atoms with Crippen molar-refractivity contribution in [2.75, 3.05) is 24.6 Å². The fourth-order valence-corrected chi connectivity index (χ4v) is 3.18. The van der Waals surface area contributed by atoms with Crippen LogP contribution in [-0.2, 0) is 15.6 Å². The Kier molecular flexibility index (Phi) is 5.13. The monoisotopic (exact) mass is 260 g/mol. The highest BCUT2D eigenvalue weighted by Gasteiger charge is 2.25. The van der Waals surface area contributed by atoms with Crippen LogP contribution in [0.2, 0.25) is 0 Å². The molecule has 17 heavy (non-hydrogen) atoms. The summed E-state index contributed by atoms with van der Waals surface area (Å²) >= 11 is 0. The van der Waals surface area contributed by atoms with Crippen LogP contribution < -0.4 is 5.73 Å².